The smallest absolute Gasteiger partial charge is 0.178 e. The van der Waals surface area contributed by atoms with E-state index in [1.165, 1.54) is 70.2 Å². The van der Waals surface area contributed by atoms with Gasteiger partial charge in [-0.25, -0.2) is 0 Å². The van der Waals surface area contributed by atoms with Crippen LogP contribution in [0, 0.1) is 0 Å². The minimum Gasteiger partial charge on any atom is -0.497 e. The van der Waals surface area contributed by atoms with Gasteiger partial charge >= 0.3 is 0 Å². The summed E-state index contributed by atoms with van der Waals surface area (Å²) in [5.41, 5.74) is 8.12. The van der Waals surface area contributed by atoms with Crippen LogP contribution in [0.15, 0.2) is 95.9 Å². The summed E-state index contributed by atoms with van der Waals surface area (Å²) in [6.45, 7) is 0. The molecule has 0 radical (unpaired) electrons. The van der Waals surface area contributed by atoms with Gasteiger partial charge in [0.25, 0.3) is 0 Å². The van der Waals surface area contributed by atoms with Crippen molar-refractivity contribution in [3.63, 3.8) is 0 Å². The van der Waals surface area contributed by atoms with Crippen molar-refractivity contribution < 1.29 is 18.9 Å². The van der Waals surface area contributed by atoms with Crippen molar-refractivity contribution in [3.8, 4) is 34.1 Å². The van der Waals surface area contributed by atoms with Gasteiger partial charge in [-0.2, -0.15) is 0 Å². The van der Waals surface area contributed by atoms with Crippen molar-refractivity contribution in [2.24, 2.45) is 0 Å². The van der Waals surface area contributed by atoms with Crippen LogP contribution in [0.2, 0.25) is 0 Å². The molecule has 5 heteroatoms. The average molecular weight is 639 g/mol. The number of ether oxygens (including phenoxy) is 4. The topological polar surface area (TPSA) is 36.9 Å². The quantitative estimate of drug-likeness (QED) is 0.196. The van der Waals surface area contributed by atoms with Crippen LogP contribution in [-0.4, -0.2) is 20.2 Å². The average Bonchev–Trinajstić information content (AvgIpc) is 3.69. The Morgan fingerprint density at radius 3 is 2.06 bits per heavy atom. The molecule has 1 fully saturated rings. The van der Waals surface area contributed by atoms with Crippen LogP contribution >= 0.6 is 11.8 Å². The summed E-state index contributed by atoms with van der Waals surface area (Å²) in [4.78, 5) is 1.21. The van der Waals surface area contributed by atoms with E-state index in [1.807, 2.05) is 24.3 Å². The molecule has 1 saturated carbocycles. The van der Waals surface area contributed by atoms with E-state index in [0.29, 0.717) is 5.94 Å². The fourth-order valence-corrected chi connectivity index (χ4v) is 9.52. The maximum atomic E-state index is 7.60. The number of rotatable bonds is 4. The van der Waals surface area contributed by atoms with Crippen molar-refractivity contribution in [2.45, 2.75) is 60.9 Å². The molecule has 4 aliphatic rings. The molecule has 4 nitrogen and oxygen atoms in total. The molecular formula is C42H38O4S. The van der Waals surface area contributed by atoms with Crippen LogP contribution in [0.3, 0.4) is 0 Å². The molecular weight excluding hydrogens is 601 g/mol. The fraction of sp³-hybridized carbons (Fsp3) is 0.286. The second-order valence-electron chi connectivity index (χ2n) is 13.3. The lowest BCUT2D eigenvalue weighted by atomic mass is 9.67. The first-order valence-electron chi connectivity index (χ1n) is 16.9. The van der Waals surface area contributed by atoms with E-state index in [1.54, 1.807) is 26.0 Å². The highest BCUT2D eigenvalue weighted by Gasteiger charge is 2.48. The van der Waals surface area contributed by atoms with Crippen LogP contribution < -0.4 is 18.9 Å². The van der Waals surface area contributed by atoms with E-state index in [-0.39, 0.29) is 5.41 Å². The number of benzene rings is 5. The van der Waals surface area contributed by atoms with Crippen molar-refractivity contribution in [3.05, 3.63) is 119 Å². The number of thioether (sulfide) groups is 1. The number of hydrogen-bond donors (Lipinski definition) is 0. The summed E-state index contributed by atoms with van der Waals surface area (Å²) in [5.74, 6) is 4.14. The van der Waals surface area contributed by atoms with Crippen molar-refractivity contribution in [2.75, 3.05) is 20.2 Å². The molecule has 2 aliphatic heterocycles. The predicted molar refractivity (Wildman–Crippen MR) is 190 cm³/mol. The molecule has 236 valence electrons. The van der Waals surface area contributed by atoms with Crippen LogP contribution in [0.4, 0.5) is 0 Å². The van der Waals surface area contributed by atoms with Crippen molar-refractivity contribution in [1.82, 2.24) is 0 Å². The Labute approximate surface area is 280 Å². The molecule has 5 aromatic rings. The lowest BCUT2D eigenvalue weighted by Crippen LogP contribution is -2.35. The van der Waals surface area contributed by atoms with Gasteiger partial charge in [0.05, 0.1) is 19.1 Å². The molecule has 0 aromatic heterocycles. The first-order chi connectivity index (χ1) is 23.1. The molecule has 1 spiro atoms. The largest absolute Gasteiger partial charge is 0.497 e. The summed E-state index contributed by atoms with van der Waals surface area (Å²) >= 11 is 1.78. The van der Waals surface area contributed by atoms with E-state index in [2.05, 4.69) is 72.8 Å². The van der Waals surface area contributed by atoms with Gasteiger partial charge in [-0.05, 0) is 83.0 Å². The maximum Gasteiger partial charge on any atom is 0.178 e. The van der Waals surface area contributed by atoms with Gasteiger partial charge in [-0.3, -0.25) is 0 Å². The lowest BCUT2D eigenvalue weighted by Gasteiger charge is -2.40. The van der Waals surface area contributed by atoms with Crippen LogP contribution in [0.1, 0.15) is 72.8 Å². The molecule has 2 aliphatic carbocycles. The molecule has 47 heavy (non-hydrogen) atoms. The molecule has 0 N–H and O–H groups in total. The molecule has 9 rings (SSSR count). The van der Waals surface area contributed by atoms with Gasteiger partial charge < -0.3 is 18.9 Å². The first-order valence-corrected chi connectivity index (χ1v) is 17.8. The Balaban J connectivity index is 1.36. The molecule has 0 saturated heterocycles. The third kappa shape index (κ3) is 4.28. The van der Waals surface area contributed by atoms with Gasteiger partial charge in [-0.15, -0.1) is 0 Å². The van der Waals surface area contributed by atoms with Gasteiger partial charge in [0, 0.05) is 27.5 Å². The molecule has 0 amide bonds. The van der Waals surface area contributed by atoms with Crippen LogP contribution in [0.5, 0.6) is 23.0 Å². The molecule has 2 heterocycles. The summed E-state index contributed by atoms with van der Waals surface area (Å²) < 4.78 is 24.9. The summed E-state index contributed by atoms with van der Waals surface area (Å²) in [7, 11) is 3.41. The van der Waals surface area contributed by atoms with E-state index in [9.17, 15) is 0 Å². The molecule has 0 atom stereocenters. The molecule has 5 aromatic carbocycles. The minimum atomic E-state index is -0.860. The minimum absolute atomic E-state index is 0.0405. The third-order valence-corrected chi connectivity index (χ3v) is 11.8. The van der Waals surface area contributed by atoms with Crippen LogP contribution in [0.25, 0.3) is 28.0 Å². The van der Waals surface area contributed by atoms with E-state index >= 15 is 0 Å². The Hall–Kier alpha value is -4.35. The monoisotopic (exact) mass is 638 g/mol. The van der Waals surface area contributed by atoms with Crippen molar-refractivity contribution >= 4 is 28.6 Å². The van der Waals surface area contributed by atoms with Crippen LogP contribution in [-0.2, 0) is 11.0 Å². The summed E-state index contributed by atoms with van der Waals surface area (Å²) in [5, 5.41) is 2.36. The van der Waals surface area contributed by atoms with Gasteiger partial charge in [0.15, 0.2) is 5.60 Å². The molecule has 0 bridgehead atoms. The lowest BCUT2D eigenvalue weighted by molar-refractivity contribution is 0.163. The van der Waals surface area contributed by atoms with E-state index < -0.39 is 5.60 Å². The van der Waals surface area contributed by atoms with Gasteiger partial charge in [0.1, 0.15) is 28.9 Å². The highest BCUT2D eigenvalue weighted by molar-refractivity contribution is 7.99. The SMILES string of the molecule is COc1ccc(C2(c3ccc(OC)cc3)C=Cc3c4c(c5cc6c(cc5c3O2)OCS6)-c2ccccc2C42CCCCCCC2)cc1. The third-order valence-electron chi connectivity index (χ3n) is 11.0. The zero-order chi connectivity index (χ0) is 31.6. The predicted octanol–water partition coefficient (Wildman–Crippen LogP) is 10.7. The first kappa shape index (κ1) is 28.8. The van der Waals surface area contributed by atoms with E-state index in [0.717, 1.165) is 52.4 Å². The summed E-state index contributed by atoms with van der Waals surface area (Å²) in [6, 6.07) is 30.4. The highest BCUT2D eigenvalue weighted by atomic mass is 32.2. The molecule has 0 unspecified atom stereocenters. The zero-order valence-electron chi connectivity index (χ0n) is 26.9. The van der Waals surface area contributed by atoms with Gasteiger partial charge in [-0.1, -0.05) is 98.5 Å². The number of fused-ring (bicyclic) bond motifs is 11. The van der Waals surface area contributed by atoms with Crippen molar-refractivity contribution in [1.29, 1.82) is 0 Å². The number of hydrogen-bond acceptors (Lipinski definition) is 5. The Kier molecular flexibility index (Phi) is 6.83. The highest BCUT2D eigenvalue weighted by Crippen LogP contribution is 2.62. The normalized spacial score (nSPS) is 18.3. The standard InChI is InChI=1S/C42H38O4S/c1-43-29-16-12-27(13-17-29)42(28-14-18-30(44-2)19-15-28)23-20-32-39-38(33-25-37-36(45-26-47-37)24-34(33)40(32)46-42)31-10-6-7-11-35(31)41(39)21-8-4-3-5-9-22-41/h6-7,10-20,23-25H,3-5,8-9,21-22,26H2,1-2H3. The van der Waals surface area contributed by atoms with Gasteiger partial charge in [0.2, 0.25) is 0 Å². The maximum absolute atomic E-state index is 7.60. The zero-order valence-corrected chi connectivity index (χ0v) is 27.8. The number of methoxy groups -OCH3 is 2. The fourth-order valence-electron chi connectivity index (χ4n) is 8.74. The Bertz CT molecular complexity index is 1990. The Morgan fingerprint density at radius 1 is 0.723 bits per heavy atom. The Morgan fingerprint density at radius 2 is 1.38 bits per heavy atom. The van der Waals surface area contributed by atoms with E-state index in [4.69, 9.17) is 18.9 Å². The summed E-state index contributed by atoms with van der Waals surface area (Å²) in [6.07, 6.45) is 13.4. The second kappa shape index (κ2) is 11.1. The second-order valence-corrected chi connectivity index (χ2v) is 14.2.